The van der Waals surface area contributed by atoms with E-state index in [9.17, 15) is 14.3 Å². The zero-order chi connectivity index (χ0) is 20.9. The first kappa shape index (κ1) is 20.5. The van der Waals surface area contributed by atoms with Gasteiger partial charge in [0.1, 0.15) is 17.2 Å². The van der Waals surface area contributed by atoms with E-state index in [4.69, 9.17) is 11.6 Å². The van der Waals surface area contributed by atoms with Gasteiger partial charge >= 0.3 is 0 Å². The van der Waals surface area contributed by atoms with E-state index in [0.717, 1.165) is 25.3 Å². The summed E-state index contributed by atoms with van der Waals surface area (Å²) in [7, 11) is 1.75. The van der Waals surface area contributed by atoms with Crippen molar-refractivity contribution in [2.24, 2.45) is 0 Å². The van der Waals surface area contributed by atoms with Gasteiger partial charge in [0.05, 0.1) is 35.8 Å². The molecule has 3 aliphatic rings. The highest BCUT2D eigenvalue weighted by molar-refractivity contribution is 6.34. The van der Waals surface area contributed by atoms with E-state index in [2.05, 4.69) is 19.8 Å². The SMILES string of the molecule is CN(C(=O)CN1C2CC1CN(Cc1nc3c(Cl)cc(F)cc3[nH]1)C2)C(C)(C)CO. The van der Waals surface area contributed by atoms with E-state index in [1.807, 2.05) is 13.8 Å². The van der Waals surface area contributed by atoms with Crippen molar-refractivity contribution in [1.82, 2.24) is 24.7 Å². The summed E-state index contributed by atoms with van der Waals surface area (Å²) in [5.74, 6) is 0.411. The molecule has 3 saturated heterocycles. The van der Waals surface area contributed by atoms with Crippen molar-refractivity contribution in [3.8, 4) is 0 Å². The van der Waals surface area contributed by atoms with Crippen LogP contribution in [0.15, 0.2) is 12.1 Å². The second-order valence-electron chi connectivity index (χ2n) is 8.80. The molecule has 0 aliphatic carbocycles. The Morgan fingerprint density at radius 3 is 2.76 bits per heavy atom. The summed E-state index contributed by atoms with van der Waals surface area (Å²) in [6, 6.07) is 3.36. The number of aromatic amines is 1. The quantitative estimate of drug-likeness (QED) is 0.741. The van der Waals surface area contributed by atoms with Gasteiger partial charge in [-0.05, 0) is 32.4 Å². The van der Waals surface area contributed by atoms with Crippen molar-refractivity contribution in [3.63, 3.8) is 0 Å². The molecule has 3 aliphatic heterocycles. The number of hydrogen-bond donors (Lipinski definition) is 2. The molecule has 5 rings (SSSR count). The second kappa shape index (κ2) is 7.50. The van der Waals surface area contributed by atoms with Crippen LogP contribution in [0.5, 0.6) is 0 Å². The third kappa shape index (κ3) is 3.86. The van der Waals surface area contributed by atoms with Gasteiger partial charge in [-0.15, -0.1) is 0 Å². The van der Waals surface area contributed by atoms with Crippen molar-refractivity contribution in [2.45, 2.75) is 44.4 Å². The number of nitrogens with one attached hydrogen (secondary N) is 1. The summed E-state index contributed by atoms with van der Waals surface area (Å²) in [6.45, 7) is 6.37. The first-order valence-electron chi connectivity index (χ1n) is 9.87. The van der Waals surface area contributed by atoms with Crippen LogP contribution in [0.1, 0.15) is 26.1 Å². The van der Waals surface area contributed by atoms with Crippen molar-refractivity contribution in [3.05, 3.63) is 28.8 Å². The fraction of sp³-hybridized carbons (Fsp3) is 0.600. The summed E-state index contributed by atoms with van der Waals surface area (Å²) in [5, 5.41) is 9.80. The molecule has 0 radical (unpaired) electrons. The van der Waals surface area contributed by atoms with E-state index < -0.39 is 5.54 Å². The summed E-state index contributed by atoms with van der Waals surface area (Å²) in [6.07, 6.45) is 1.09. The van der Waals surface area contributed by atoms with Crippen LogP contribution in [0.4, 0.5) is 4.39 Å². The average Bonchev–Trinajstić information content (AvgIpc) is 3.07. The maximum atomic E-state index is 13.5. The lowest BCUT2D eigenvalue weighted by atomic mass is 9.87. The molecule has 1 aromatic heterocycles. The third-order valence-electron chi connectivity index (χ3n) is 6.33. The standard InChI is InChI=1S/C20H27ClFN5O2/c1-20(2,11-28)25(3)18(29)10-27-13-6-14(27)8-26(7-13)9-17-23-16-5-12(22)4-15(21)19(16)24-17/h4-5,13-14,28H,6-11H2,1-3H3,(H,23,24). The number of H-pyrrole nitrogens is 1. The predicted molar refractivity (Wildman–Crippen MR) is 109 cm³/mol. The fourth-order valence-electron chi connectivity index (χ4n) is 4.25. The van der Waals surface area contributed by atoms with Gasteiger partial charge in [0.2, 0.25) is 5.91 Å². The minimum atomic E-state index is -0.564. The van der Waals surface area contributed by atoms with Crippen LogP contribution in [0.2, 0.25) is 5.02 Å². The van der Waals surface area contributed by atoms with Crippen LogP contribution in [0.25, 0.3) is 11.0 Å². The highest BCUT2D eigenvalue weighted by atomic mass is 35.5. The molecule has 1 amide bonds. The van der Waals surface area contributed by atoms with Crippen molar-refractivity contribution in [2.75, 3.05) is 33.3 Å². The number of fused-ring (bicyclic) bond motifs is 3. The summed E-state index contributed by atoms with van der Waals surface area (Å²) in [4.78, 5) is 26.5. The van der Waals surface area contributed by atoms with Crippen LogP contribution >= 0.6 is 11.6 Å². The van der Waals surface area contributed by atoms with E-state index >= 15 is 0 Å². The van der Waals surface area contributed by atoms with Gasteiger partial charge in [-0.25, -0.2) is 9.37 Å². The number of piperidine rings is 1. The molecule has 7 nitrogen and oxygen atoms in total. The average molecular weight is 424 g/mol. The Balaban J connectivity index is 1.36. The van der Waals surface area contributed by atoms with Gasteiger partial charge in [-0.3, -0.25) is 14.6 Å². The zero-order valence-electron chi connectivity index (χ0n) is 17.0. The van der Waals surface area contributed by atoms with Crippen molar-refractivity contribution in [1.29, 1.82) is 0 Å². The van der Waals surface area contributed by atoms with E-state index in [1.165, 1.54) is 12.1 Å². The number of amides is 1. The molecule has 1 aromatic carbocycles. The minimum Gasteiger partial charge on any atom is -0.394 e. The maximum absolute atomic E-state index is 13.5. The molecule has 158 valence electrons. The van der Waals surface area contributed by atoms with Crippen LogP contribution in [0.3, 0.4) is 0 Å². The van der Waals surface area contributed by atoms with Crippen LogP contribution in [0, 0.1) is 5.82 Å². The number of nitrogens with zero attached hydrogens (tertiary/aromatic N) is 4. The zero-order valence-corrected chi connectivity index (χ0v) is 17.7. The topological polar surface area (TPSA) is 75.7 Å². The van der Waals surface area contributed by atoms with Crippen molar-refractivity contribution >= 4 is 28.5 Å². The molecule has 4 heterocycles. The number of carbonyl (C=O) groups is 1. The summed E-state index contributed by atoms with van der Waals surface area (Å²) < 4.78 is 13.5. The number of likely N-dealkylation sites (N-methyl/N-ethyl adjacent to an activating group) is 1. The molecule has 0 spiro atoms. The molecule has 0 saturated carbocycles. The van der Waals surface area contributed by atoms with Gasteiger partial charge < -0.3 is 15.0 Å². The molecule has 3 fully saturated rings. The Kier molecular flexibility index (Phi) is 5.31. The number of hydrogen-bond acceptors (Lipinski definition) is 5. The first-order chi connectivity index (χ1) is 13.7. The van der Waals surface area contributed by atoms with Crippen LogP contribution < -0.4 is 0 Å². The number of carbonyl (C=O) groups excluding carboxylic acids is 1. The Morgan fingerprint density at radius 1 is 1.41 bits per heavy atom. The second-order valence-corrected chi connectivity index (χ2v) is 9.21. The first-order valence-corrected chi connectivity index (χ1v) is 10.2. The van der Waals surface area contributed by atoms with Gasteiger partial charge in [-0.2, -0.15) is 0 Å². The maximum Gasteiger partial charge on any atom is 0.237 e. The van der Waals surface area contributed by atoms with Gasteiger partial charge in [0.15, 0.2) is 0 Å². The van der Waals surface area contributed by atoms with Crippen LogP contribution in [-0.4, -0.2) is 86.6 Å². The molecule has 29 heavy (non-hydrogen) atoms. The highest BCUT2D eigenvalue weighted by Crippen LogP contribution is 2.33. The largest absolute Gasteiger partial charge is 0.394 e. The number of aliphatic hydroxyl groups excluding tert-OH is 1. The Bertz CT molecular complexity index is 921. The molecule has 2 bridgehead atoms. The number of piperazine rings is 1. The van der Waals surface area contributed by atoms with Gasteiger partial charge in [0, 0.05) is 32.2 Å². The number of benzene rings is 1. The normalized spacial score (nSPS) is 22.7. The Labute approximate surface area is 174 Å². The molecule has 9 heteroatoms. The molecular formula is C20H27ClFN5O2. The number of aromatic nitrogens is 2. The molecule has 2 unspecified atom stereocenters. The number of aliphatic hydroxyl groups is 1. The minimum absolute atomic E-state index is 0.0288. The molecule has 2 aromatic rings. The lowest BCUT2D eigenvalue weighted by molar-refractivity contribution is -0.145. The molecule has 2 atom stereocenters. The lowest BCUT2D eigenvalue weighted by Crippen LogP contribution is -2.70. The summed E-state index contributed by atoms with van der Waals surface area (Å²) in [5.41, 5.74) is 0.631. The fourth-order valence-corrected chi connectivity index (χ4v) is 4.50. The summed E-state index contributed by atoms with van der Waals surface area (Å²) >= 11 is 6.09. The molecular weight excluding hydrogens is 397 g/mol. The predicted octanol–water partition coefficient (Wildman–Crippen LogP) is 1.84. The smallest absolute Gasteiger partial charge is 0.237 e. The lowest BCUT2D eigenvalue weighted by Gasteiger charge is -2.56. The Hall–Kier alpha value is -1.74. The molecule has 2 N–H and O–H groups in total. The van der Waals surface area contributed by atoms with Crippen LogP contribution in [-0.2, 0) is 11.3 Å². The van der Waals surface area contributed by atoms with Gasteiger partial charge in [0.25, 0.3) is 0 Å². The van der Waals surface area contributed by atoms with E-state index in [-0.39, 0.29) is 18.3 Å². The van der Waals surface area contributed by atoms with E-state index in [0.29, 0.717) is 41.2 Å². The monoisotopic (exact) mass is 423 g/mol. The number of rotatable bonds is 6. The highest BCUT2D eigenvalue weighted by Gasteiger charge is 2.46. The third-order valence-corrected chi connectivity index (χ3v) is 6.62. The van der Waals surface area contributed by atoms with Crippen molar-refractivity contribution < 1.29 is 14.3 Å². The number of imidazole rings is 1. The number of halogens is 2. The van der Waals surface area contributed by atoms with E-state index in [1.54, 1.807) is 11.9 Å². The Morgan fingerprint density at radius 2 is 2.10 bits per heavy atom. The van der Waals surface area contributed by atoms with Gasteiger partial charge in [-0.1, -0.05) is 11.6 Å².